The van der Waals surface area contributed by atoms with Crippen LogP contribution in [0, 0.1) is 17.0 Å². The van der Waals surface area contributed by atoms with Gasteiger partial charge in [-0.2, -0.15) is 0 Å². The fourth-order valence-corrected chi connectivity index (χ4v) is 2.96. The van der Waals surface area contributed by atoms with Gasteiger partial charge in [0.05, 0.1) is 10.8 Å². The van der Waals surface area contributed by atoms with Crippen LogP contribution in [0.25, 0.3) is 5.69 Å². The Kier molecular flexibility index (Phi) is 4.51. The Labute approximate surface area is 166 Å². The number of fused-ring (bicyclic) bond motifs is 1. The predicted molar refractivity (Wildman–Crippen MR) is 100 cm³/mol. The van der Waals surface area contributed by atoms with Crippen molar-refractivity contribution in [2.75, 3.05) is 13.2 Å². The Hall–Kier alpha value is -3.34. The van der Waals surface area contributed by atoms with E-state index < -0.39 is 10.7 Å². The molecule has 3 aromatic rings. The lowest BCUT2D eigenvalue weighted by atomic mass is 10.2. The third-order valence-electron chi connectivity index (χ3n) is 4.06. The van der Waals surface area contributed by atoms with Crippen molar-refractivity contribution in [2.45, 2.75) is 6.92 Å². The van der Waals surface area contributed by atoms with E-state index in [1.54, 1.807) is 36.4 Å². The van der Waals surface area contributed by atoms with E-state index in [0.29, 0.717) is 40.9 Å². The van der Waals surface area contributed by atoms with Gasteiger partial charge >= 0.3 is 5.82 Å². The molecule has 0 amide bonds. The maximum atomic E-state index is 11.5. The second kappa shape index (κ2) is 7.00. The van der Waals surface area contributed by atoms with Crippen LogP contribution in [-0.2, 0) is 0 Å². The summed E-state index contributed by atoms with van der Waals surface area (Å²) < 4.78 is 11.8. The van der Waals surface area contributed by atoms with Crippen molar-refractivity contribution in [3.63, 3.8) is 0 Å². The van der Waals surface area contributed by atoms with Crippen LogP contribution in [0.4, 0.5) is 11.5 Å². The molecule has 2 heterocycles. The highest BCUT2D eigenvalue weighted by Crippen LogP contribution is 2.31. The van der Waals surface area contributed by atoms with E-state index in [1.807, 2.05) is 6.92 Å². The molecule has 0 spiro atoms. The van der Waals surface area contributed by atoms with Gasteiger partial charge in [-0.15, -0.1) is 0 Å². The summed E-state index contributed by atoms with van der Waals surface area (Å²) in [5.74, 6) is 0.429. The molecule has 0 saturated carbocycles. The number of rotatable bonds is 3. The van der Waals surface area contributed by atoms with Gasteiger partial charge in [0, 0.05) is 10.5 Å². The van der Waals surface area contributed by atoms with Gasteiger partial charge in [0.2, 0.25) is 0 Å². The maximum Gasteiger partial charge on any atom is 0.438 e. The average molecular weight is 448 g/mol. The molecule has 0 unspecified atom stereocenters. The van der Waals surface area contributed by atoms with Crippen molar-refractivity contribution in [3.8, 4) is 17.2 Å². The molecular weight excluding hydrogens is 434 g/mol. The molecule has 0 aliphatic carbocycles. The fourth-order valence-electron chi connectivity index (χ4n) is 2.71. The fraction of sp³-hybridized carbons (Fsp3) is 0.176. The molecule has 4 rings (SSSR count). The molecule has 1 aliphatic rings. The number of hydrogen-bond donors (Lipinski definition) is 1. The lowest BCUT2D eigenvalue weighted by molar-refractivity contribution is -0.391. The molecular formula is C17H14BrN5O5. The minimum absolute atomic E-state index is 0.304. The van der Waals surface area contributed by atoms with Gasteiger partial charge in [0.15, 0.2) is 11.5 Å². The molecule has 0 atom stereocenters. The number of hydrogen-bond acceptors (Lipinski definition) is 7. The first-order chi connectivity index (χ1) is 13.4. The van der Waals surface area contributed by atoms with Gasteiger partial charge < -0.3 is 24.8 Å². The Morgan fingerprint density at radius 3 is 2.68 bits per heavy atom. The Bertz CT molecular complexity index is 1150. The quantitative estimate of drug-likeness (QED) is 0.374. The van der Waals surface area contributed by atoms with Crippen LogP contribution >= 0.6 is 15.9 Å². The van der Waals surface area contributed by atoms with Crippen LogP contribution in [0.1, 0.15) is 5.56 Å². The summed E-state index contributed by atoms with van der Waals surface area (Å²) in [6.45, 7) is 2.69. The monoisotopic (exact) mass is 447 g/mol. The molecule has 144 valence electrons. The first-order valence-electron chi connectivity index (χ1n) is 8.21. The lowest BCUT2D eigenvalue weighted by Gasteiger charge is -2.18. The van der Waals surface area contributed by atoms with Crippen molar-refractivity contribution in [3.05, 3.63) is 62.0 Å². The summed E-state index contributed by atoms with van der Waals surface area (Å²) in [6.07, 6.45) is 0. The van der Waals surface area contributed by atoms with E-state index in [2.05, 4.69) is 26.0 Å². The summed E-state index contributed by atoms with van der Waals surface area (Å²) in [6, 6.07) is 9.99. The molecule has 11 heteroatoms. The maximum absolute atomic E-state index is 11.5. The molecule has 2 aromatic carbocycles. The Balaban J connectivity index is 1.87. The second-order valence-corrected chi connectivity index (χ2v) is 6.81. The van der Waals surface area contributed by atoms with Crippen molar-refractivity contribution in [2.24, 2.45) is 4.99 Å². The number of halogens is 1. The number of benzene rings is 2. The van der Waals surface area contributed by atoms with Crippen LogP contribution in [0.2, 0.25) is 0 Å². The average Bonchev–Trinajstić information content (AvgIpc) is 3.01. The number of nitrogens with zero attached hydrogens (tertiary/aromatic N) is 5. The third-order valence-corrected chi connectivity index (χ3v) is 4.95. The highest BCUT2D eigenvalue weighted by Gasteiger charge is 2.25. The van der Waals surface area contributed by atoms with Crippen molar-refractivity contribution in [1.29, 1.82) is 0 Å². The standard InChI is InChI=1S/C17H14BrN5O5/c1-10-8-11(2-4-13(10)18)19-16-17(23(25)26)20-21(22(16)24)12-3-5-14-15(9-12)28-7-6-27-14/h2-5,8-9,24H,6-7H2,1H3. The molecule has 0 bridgehead atoms. The SMILES string of the molecule is Cc1cc(N=c2c([N+](=O)[O-])nn(-c3ccc4c(c3)OCCO4)n2O)ccc1Br. The van der Waals surface area contributed by atoms with E-state index in [1.165, 1.54) is 0 Å². The van der Waals surface area contributed by atoms with Crippen molar-refractivity contribution >= 4 is 27.4 Å². The lowest BCUT2D eigenvalue weighted by Crippen LogP contribution is -2.22. The summed E-state index contributed by atoms with van der Waals surface area (Å²) in [5, 5.41) is 25.9. The zero-order valence-electron chi connectivity index (χ0n) is 14.6. The zero-order valence-corrected chi connectivity index (χ0v) is 16.2. The number of aromatic nitrogens is 3. The molecule has 1 N–H and O–H groups in total. The summed E-state index contributed by atoms with van der Waals surface area (Å²) in [7, 11) is 0. The van der Waals surface area contributed by atoms with Crippen molar-refractivity contribution < 1.29 is 19.6 Å². The summed E-state index contributed by atoms with van der Waals surface area (Å²) >= 11 is 3.39. The van der Waals surface area contributed by atoms with Crippen molar-refractivity contribution in [1.82, 2.24) is 14.7 Å². The third kappa shape index (κ3) is 3.20. The van der Waals surface area contributed by atoms with Crippen LogP contribution in [-0.4, -0.2) is 38.1 Å². The molecule has 10 nitrogen and oxygen atoms in total. The molecule has 0 radical (unpaired) electrons. The Morgan fingerprint density at radius 1 is 1.21 bits per heavy atom. The smallest absolute Gasteiger partial charge is 0.438 e. The molecule has 1 aromatic heterocycles. The van der Waals surface area contributed by atoms with Gasteiger partial charge in [0.25, 0.3) is 5.49 Å². The molecule has 0 fully saturated rings. The van der Waals surface area contributed by atoms with Crippen LogP contribution in [0.15, 0.2) is 45.9 Å². The zero-order chi connectivity index (χ0) is 19.8. The normalized spacial score (nSPS) is 13.6. The summed E-state index contributed by atoms with van der Waals surface area (Å²) in [5.41, 5.74) is 1.38. The van der Waals surface area contributed by atoms with Crippen LogP contribution in [0.3, 0.4) is 0 Å². The van der Waals surface area contributed by atoms with Gasteiger partial charge in [-0.05, 0) is 52.5 Å². The first kappa shape index (κ1) is 18.0. The molecule has 28 heavy (non-hydrogen) atoms. The van der Waals surface area contributed by atoms with Gasteiger partial charge in [-0.1, -0.05) is 20.8 Å². The highest BCUT2D eigenvalue weighted by molar-refractivity contribution is 9.10. The van der Waals surface area contributed by atoms with Gasteiger partial charge in [-0.3, -0.25) is 0 Å². The topological polar surface area (TPSA) is 117 Å². The number of ether oxygens (including phenoxy) is 2. The molecule has 0 saturated heterocycles. The second-order valence-electron chi connectivity index (χ2n) is 5.96. The van der Waals surface area contributed by atoms with Gasteiger partial charge in [-0.25, -0.2) is 4.99 Å². The predicted octanol–water partition coefficient (Wildman–Crippen LogP) is 2.89. The van der Waals surface area contributed by atoms with E-state index in [4.69, 9.17) is 9.47 Å². The van der Waals surface area contributed by atoms with E-state index in [0.717, 1.165) is 14.8 Å². The van der Waals surface area contributed by atoms with Crippen LogP contribution in [0.5, 0.6) is 11.5 Å². The van der Waals surface area contributed by atoms with Crippen LogP contribution < -0.4 is 15.0 Å². The number of aryl methyl sites for hydroxylation is 1. The minimum Gasteiger partial charge on any atom is -0.486 e. The molecule has 1 aliphatic heterocycles. The van der Waals surface area contributed by atoms with E-state index >= 15 is 0 Å². The van der Waals surface area contributed by atoms with E-state index in [-0.39, 0.29) is 5.49 Å². The number of nitro groups is 1. The Morgan fingerprint density at radius 2 is 1.96 bits per heavy atom. The largest absolute Gasteiger partial charge is 0.486 e. The minimum atomic E-state index is -0.703. The first-order valence-corrected chi connectivity index (χ1v) is 9.00. The van der Waals surface area contributed by atoms with E-state index in [9.17, 15) is 15.3 Å². The summed E-state index contributed by atoms with van der Waals surface area (Å²) in [4.78, 5) is 16.5. The van der Waals surface area contributed by atoms with Gasteiger partial charge in [0.1, 0.15) is 18.9 Å². The highest BCUT2D eigenvalue weighted by atomic mass is 79.9.